The van der Waals surface area contributed by atoms with E-state index in [0.29, 0.717) is 5.92 Å². The summed E-state index contributed by atoms with van der Waals surface area (Å²) in [7, 11) is 0. The van der Waals surface area contributed by atoms with E-state index >= 15 is 0 Å². The fourth-order valence-corrected chi connectivity index (χ4v) is 3.96. The van der Waals surface area contributed by atoms with Gasteiger partial charge in [0.05, 0.1) is 16.8 Å². The molecule has 0 atom stereocenters. The molecular weight excluding hydrogens is 364 g/mol. The molecule has 28 heavy (non-hydrogen) atoms. The van der Waals surface area contributed by atoms with Crippen LogP contribution in [0.5, 0.6) is 0 Å². The second kappa shape index (κ2) is 8.07. The molecule has 4 aromatic rings. The number of aromatic nitrogens is 3. The van der Waals surface area contributed by atoms with Crippen LogP contribution in [0.2, 0.25) is 0 Å². The van der Waals surface area contributed by atoms with E-state index < -0.39 is 0 Å². The molecule has 5 heteroatoms. The highest BCUT2D eigenvalue weighted by Gasteiger charge is 2.06. The van der Waals surface area contributed by atoms with E-state index in [-0.39, 0.29) is 0 Å². The maximum absolute atomic E-state index is 4.77. The molecule has 2 aromatic carbocycles. The number of hydrogen-bond donors (Lipinski definition) is 2. The van der Waals surface area contributed by atoms with Crippen molar-refractivity contribution in [2.45, 2.75) is 37.3 Å². The Bertz CT molecular complexity index is 1100. The van der Waals surface area contributed by atoms with E-state index in [0.717, 1.165) is 39.7 Å². The van der Waals surface area contributed by atoms with Crippen LogP contribution in [0.3, 0.4) is 0 Å². The number of hydrogen-bond acceptors (Lipinski definition) is 4. The zero-order valence-electron chi connectivity index (χ0n) is 16.4. The molecule has 4 nitrogen and oxygen atoms in total. The van der Waals surface area contributed by atoms with Gasteiger partial charge in [0.25, 0.3) is 0 Å². The summed E-state index contributed by atoms with van der Waals surface area (Å²) in [5.41, 5.74) is 6.55. The van der Waals surface area contributed by atoms with Gasteiger partial charge >= 0.3 is 0 Å². The number of benzene rings is 2. The largest absolute Gasteiger partial charge is 0.355 e. The monoisotopic (exact) mass is 388 g/mol. The minimum Gasteiger partial charge on any atom is -0.355 e. The van der Waals surface area contributed by atoms with Crippen LogP contribution < -0.4 is 5.32 Å². The van der Waals surface area contributed by atoms with Crippen LogP contribution in [0, 0.1) is 6.92 Å². The molecule has 0 amide bonds. The highest BCUT2D eigenvalue weighted by atomic mass is 32.2. The van der Waals surface area contributed by atoms with Crippen molar-refractivity contribution < 1.29 is 0 Å². The SMILES string of the molecule is Cc1cc(SCc2nc3cc(Nc4cccc(C(C)C)c4)ccc3[nH]2)ccn1. The number of aryl methyl sites for hydroxylation is 1. The lowest BCUT2D eigenvalue weighted by Crippen LogP contribution is -1.93. The minimum atomic E-state index is 0.514. The third-order valence-corrected chi connectivity index (χ3v) is 5.62. The number of H-pyrrole nitrogens is 1. The van der Waals surface area contributed by atoms with Crippen molar-refractivity contribution >= 4 is 34.2 Å². The molecule has 0 aliphatic heterocycles. The van der Waals surface area contributed by atoms with Crippen LogP contribution in [0.25, 0.3) is 11.0 Å². The number of thioether (sulfide) groups is 1. The topological polar surface area (TPSA) is 53.6 Å². The summed E-state index contributed by atoms with van der Waals surface area (Å²) in [4.78, 5) is 13.6. The van der Waals surface area contributed by atoms with Gasteiger partial charge in [0.15, 0.2) is 0 Å². The molecule has 2 aromatic heterocycles. The zero-order chi connectivity index (χ0) is 19.5. The second-order valence-corrected chi connectivity index (χ2v) is 8.29. The van der Waals surface area contributed by atoms with E-state index in [1.807, 2.05) is 19.2 Å². The number of nitrogens with one attached hydrogen (secondary N) is 2. The summed E-state index contributed by atoms with van der Waals surface area (Å²) in [6, 6.07) is 19.0. The quantitative estimate of drug-likeness (QED) is 0.374. The molecule has 142 valence electrons. The molecule has 0 saturated heterocycles. The van der Waals surface area contributed by atoms with Crippen LogP contribution in [0.4, 0.5) is 11.4 Å². The van der Waals surface area contributed by atoms with Crippen molar-refractivity contribution in [1.82, 2.24) is 15.0 Å². The van der Waals surface area contributed by atoms with Gasteiger partial charge in [-0.25, -0.2) is 4.98 Å². The number of aromatic amines is 1. The van der Waals surface area contributed by atoms with Gasteiger partial charge in [-0.15, -0.1) is 11.8 Å². The number of imidazole rings is 1. The van der Waals surface area contributed by atoms with Gasteiger partial charge in [0.1, 0.15) is 5.82 Å². The van der Waals surface area contributed by atoms with Crippen LogP contribution in [0.1, 0.15) is 36.8 Å². The van der Waals surface area contributed by atoms with Gasteiger partial charge in [-0.05, 0) is 60.9 Å². The Hall–Kier alpha value is -2.79. The second-order valence-electron chi connectivity index (χ2n) is 7.24. The smallest absolute Gasteiger partial charge is 0.117 e. The minimum absolute atomic E-state index is 0.514. The highest BCUT2D eigenvalue weighted by molar-refractivity contribution is 7.98. The summed E-state index contributed by atoms with van der Waals surface area (Å²) in [6.45, 7) is 6.43. The third kappa shape index (κ3) is 4.37. The lowest BCUT2D eigenvalue weighted by Gasteiger charge is -2.10. The lowest BCUT2D eigenvalue weighted by atomic mass is 10.0. The number of fused-ring (bicyclic) bond motifs is 1. The van der Waals surface area contributed by atoms with Crippen LogP contribution in [0.15, 0.2) is 65.7 Å². The molecular formula is C23H24N4S. The van der Waals surface area contributed by atoms with E-state index in [2.05, 4.69) is 77.7 Å². The van der Waals surface area contributed by atoms with Gasteiger partial charge in [0.2, 0.25) is 0 Å². The van der Waals surface area contributed by atoms with Gasteiger partial charge < -0.3 is 10.3 Å². The molecule has 2 N–H and O–H groups in total. The van der Waals surface area contributed by atoms with Crippen molar-refractivity contribution in [2.24, 2.45) is 0 Å². The highest BCUT2D eigenvalue weighted by Crippen LogP contribution is 2.26. The van der Waals surface area contributed by atoms with Gasteiger partial charge in [-0.1, -0.05) is 26.0 Å². The molecule has 0 aliphatic rings. The number of anilines is 2. The van der Waals surface area contributed by atoms with E-state index in [4.69, 9.17) is 4.98 Å². The first kappa shape index (κ1) is 18.6. The van der Waals surface area contributed by atoms with E-state index in [1.165, 1.54) is 10.5 Å². The maximum Gasteiger partial charge on any atom is 0.117 e. The molecule has 0 unspecified atom stereocenters. The molecule has 0 saturated carbocycles. The third-order valence-electron chi connectivity index (χ3n) is 4.62. The normalized spacial score (nSPS) is 11.3. The van der Waals surface area contributed by atoms with Gasteiger partial charge in [-0.2, -0.15) is 0 Å². The first-order chi connectivity index (χ1) is 13.6. The molecule has 0 fully saturated rings. The summed E-state index contributed by atoms with van der Waals surface area (Å²) < 4.78 is 0. The maximum atomic E-state index is 4.77. The Morgan fingerprint density at radius 3 is 2.71 bits per heavy atom. The molecule has 0 spiro atoms. The van der Waals surface area contributed by atoms with Crippen molar-refractivity contribution in [1.29, 1.82) is 0 Å². The summed E-state index contributed by atoms with van der Waals surface area (Å²) in [5, 5.41) is 3.50. The standard InChI is InChI=1S/C23H24N4S/c1-15(2)17-5-4-6-18(12-17)25-19-7-8-21-22(13-19)27-23(26-21)14-28-20-9-10-24-16(3)11-20/h4-13,15,25H,14H2,1-3H3,(H,26,27). The van der Waals surface area contributed by atoms with Gasteiger partial charge in [-0.3, -0.25) is 4.98 Å². The molecule has 0 radical (unpaired) electrons. The summed E-state index contributed by atoms with van der Waals surface area (Å²) in [6.07, 6.45) is 1.85. The van der Waals surface area contributed by atoms with E-state index in [1.54, 1.807) is 11.8 Å². The lowest BCUT2D eigenvalue weighted by molar-refractivity contribution is 0.867. The zero-order valence-corrected chi connectivity index (χ0v) is 17.2. The average Bonchev–Trinajstić information content (AvgIpc) is 3.09. The predicted molar refractivity (Wildman–Crippen MR) is 118 cm³/mol. The van der Waals surface area contributed by atoms with Crippen LogP contribution in [-0.4, -0.2) is 15.0 Å². The number of pyridine rings is 1. The first-order valence-electron chi connectivity index (χ1n) is 9.48. The van der Waals surface area contributed by atoms with Gasteiger partial charge in [0, 0.05) is 28.2 Å². The Balaban J connectivity index is 1.49. The average molecular weight is 389 g/mol. The predicted octanol–water partition coefficient (Wildman–Crippen LogP) is 6.43. The molecule has 0 aliphatic carbocycles. The fourth-order valence-electron chi connectivity index (χ4n) is 3.11. The Morgan fingerprint density at radius 1 is 1.04 bits per heavy atom. The fraction of sp³-hybridized carbons (Fsp3) is 0.217. The van der Waals surface area contributed by atoms with Crippen LogP contribution >= 0.6 is 11.8 Å². The molecule has 2 heterocycles. The van der Waals surface area contributed by atoms with E-state index in [9.17, 15) is 0 Å². The van der Waals surface area contributed by atoms with Crippen molar-refractivity contribution in [3.05, 3.63) is 77.9 Å². The Kier molecular flexibility index (Phi) is 5.35. The first-order valence-corrected chi connectivity index (χ1v) is 10.5. The molecule has 4 rings (SSSR count). The van der Waals surface area contributed by atoms with Crippen molar-refractivity contribution in [3.8, 4) is 0 Å². The summed E-state index contributed by atoms with van der Waals surface area (Å²) >= 11 is 1.76. The van der Waals surface area contributed by atoms with Crippen molar-refractivity contribution in [3.63, 3.8) is 0 Å². The number of rotatable bonds is 6. The number of nitrogens with zero attached hydrogens (tertiary/aromatic N) is 2. The Labute approximate surface area is 169 Å². The van der Waals surface area contributed by atoms with Crippen LogP contribution in [-0.2, 0) is 5.75 Å². The Morgan fingerprint density at radius 2 is 1.89 bits per heavy atom. The molecule has 0 bridgehead atoms. The summed E-state index contributed by atoms with van der Waals surface area (Å²) in [5.74, 6) is 2.30. The van der Waals surface area contributed by atoms with Crippen molar-refractivity contribution in [2.75, 3.05) is 5.32 Å².